The van der Waals surface area contributed by atoms with Crippen molar-refractivity contribution in [1.29, 1.82) is 0 Å². The van der Waals surface area contributed by atoms with E-state index in [9.17, 15) is 8.96 Å². The zero-order valence-electron chi connectivity index (χ0n) is 13.9. The van der Waals surface area contributed by atoms with E-state index < -0.39 is 19.2 Å². The summed E-state index contributed by atoms with van der Waals surface area (Å²) in [6.07, 6.45) is 0. The maximum Gasteiger partial charge on any atom is 0.352 e. The summed E-state index contributed by atoms with van der Waals surface area (Å²) >= 11 is 0. The highest BCUT2D eigenvalue weighted by Gasteiger charge is 2.38. The lowest BCUT2D eigenvalue weighted by atomic mass is 10.2. The van der Waals surface area contributed by atoms with Crippen molar-refractivity contribution in [2.45, 2.75) is 26.2 Å². The topological polar surface area (TPSA) is 47.6 Å². The van der Waals surface area contributed by atoms with Gasteiger partial charge in [0.25, 0.3) is 0 Å². The second-order valence-corrected chi connectivity index (χ2v) is 7.28. The molecule has 1 atom stereocenters. The van der Waals surface area contributed by atoms with Gasteiger partial charge in [0.15, 0.2) is 0 Å². The Balaban J connectivity index is 2.33. The number of benzene rings is 2. The summed E-state index contributed by atoms with van der Waals surface area (Å²) in [4.78, 5) is 0. The molecule has 0 aliphatic heterocycles. The van der Waals surface area contributed by atoms with Crippen LogP contribution < -0.4 is 5.32 Å². The first-order valence-corrected chi connectivity index (χ1v) is 9.62. The molecule has 0 fully saturated rings. The van der Waals surface area contributed by atoms with E-state index in [0.717, 1.165) is 5.56 Å². The van der Waals surface area contributed by atoms with E-state index in [4.69, 9.17) is 9.05 Å². The Morgan fingerprint density at radius 2 is 1.58 bits per heavy atom. The highest BCUT2D eigenvalue weighted by atomic mass is 31.2. The molecule has 0 aromatic heterocycles. The largest absolute Gasteiger partial charge is 0.352 e. The Morgan fingerprint density at radius 3 is 2.17 bits per heavy atom. The molecule has 2 rings (SSSR count). The lowest BCUT2D eigenvalue weighted by Gasteiger charge is -2.27. The number of rotatable bonds is 9. The monoisotopic (exact) mass is 351 g/mol. The molecule has 0 spiro atoms. The number of halogens is 1. The van der Waals surface area contributed by atoms with E-state index in [-0.39, 0.29) is 18.8 Å². The third-order valence-corrected chi connectivity index (χ3v) is 5.81. The summed E-state index contributed by atoms with van der Waals surface area (Å²) in [5.41, 5.74) is 1.28. The normalized spacial score (nSPS) is 13.0. The maximum absolute atomic E-state index is 14.3. The number of hydrogen-bond acceptors (Lipinski definition) is 4. The first-order valence-electron chi connectivity index (χ1n) is 8.01. The van der Waals surface area contributed by atoms with E-state index in [1.54, 1.807) is 32.0 Å². The van der Waals surface area contributed by atoms with Gasteiger partial charge in [-0.15, -0.1) is 0 Å². The molecule has 130 valence electrons. The van der Waals surface area contributed by atoms with E-state index in [0.29, 0.717) is 6.54 Å². The minimum Gasteiger partial charge on any atom is -0.308 e. The predicted molar refractivity (Wildman–Crippen MR) is 93.3 cm³/mol. The van der Waals surface area contributed by atoms with Crippen LogP contribution in [-0.4, -0.2) is 13.2 Å². The molecule has 0 radical (unpaired) electrons. The van der Waals surface area contributed by atoms with Gasteiger partial charge in [-0.25, -0.2) is 4.39 Å². The molecule has 2 aromatic carbocycles. The van der Waals surface area contributed by atoms with Gasteiger partial charge in [0.2, 0.25) is 0 Å². The molecule has 4 nitrogen and oxygen atoms in total. The van der Waals surface area contributed by atoms with Gasteiger partial charge < -0.3 is 9.05 Å². The third kappa shape index (κ3) is 4.74. The van der Waals surface area contributed by atoms with Crippen molar-refractivity contribution in [3.05, 3.63) is 71.5 Å². The third-order valence-electron chi connectivity index (χ3n) is 3.48. The van der Waals surface area contributed by atoms with E-state index in [1.807, 2.05) is 30.3 Å². The van der Waals surface area contributed by atoms with Crippen LogP contribution in [0.15, 0.2) is 54.6 Å². The fourth-order valence-corrected chi connectivity index (χ4v) is 4.40. The first kappa shape index (κ1) is 18.8. The Kier molecular flexibility index (Phi) is 7.13. The summed E-state index contributed by atoms with van der Waals surface area (Å²) in [6, 6.07) is 15.9. The van der Waals surface area contributed by atoms with Crippen LogP contribution in [-0.2, 0) is 20.2 Å². The van der Waals surface area contributed by atoms with Crippen LogP contribution in [0.3, 0.4) is 0 Å². The molecule has 0 saturated carbocycles. The molecular weight excluding hydrogens is 328 g/mol. The van der Waals surface area contributed by atoms with Crippen LogP contribution in [0.5, 0.6) is 0 Å². The summed E-state index contributed by atoms with van der Waals surface area (Å²) in [5.74, 6) is -1.32. The van der Waals surface area contributed by atoms with Crippen molar-refractivity contribution in [1.82, 2.24) is 5.32 Å². The molecule has 0 bridgehead atoms. The zero-order chi connectivity index (χ0) is 17.4. The summed E-state index contributed by atoms with van der Waals surface area (Å²) in [7, 11) is -3.57. The minimum atomic E-state index is -3.57. The van der Waals surface area contributed by atoms with Crippen LogP contribution in [0.4, 0.5) is 4.39 Å². The average molecular weight is 351 g/mol. The zero-order valence-corrected chi connectivity index (χ0v) is 14.8. The Bertz CT molecular complexity index is 671. The second kappa shape index (κ2) is 9.09. The van der Waals surface area contributed by atoms with E-state index in [2.05, 4.69) is 5.32 Å². The molecule has 24 heavy (non-hydrogen) atoms. The minimum absolute atomic E-state index is 0.218. The molecule has 0 heterocycles. The molecule has 0 unspecified atom stereocenters. The molecule has 1 N–H and O–H groups in total. The lowest BCUT2D eigenvalue weighted by Crippen LogP contribution is -2.24. The first-order chi connectivity index (χ1) is 11.6. The van der Waals surface area contributed by atoms with Crippen molar-refractivity contribution in [2.75, 3.05) is 13.2 Å². The van der Waals surface area contributed by atoms with Crippen LogP contribution in [0.2, 0.25) is 0 Å². The predicted octanol–water partition coefficient (Wildman–Crippen LogP) is 4.88. The van der Waals surface area contributed by atoms with Gasteiger partial charge in [-0.2, -0.15) is 0 Å². The molecule has 2 aromatic rings. The van der Waals surface area contributed by atoms with E-state index >= 15 is 0 Å². The molecule has 0 aliphatic rings. The number of nitrogens with one attached hydrogen (secondary N) is 1. The molecular formula is C18H23FNO3P. The highest BCUT2D eigenvalue weighted by Crippen LogP contribution is 2.59. The standard InChI is InChI=1S/C18H23FNO3P/c1-3-22-24(21,23-4-2)18(16-12-8-9-13-17(16)19)20-14-15-10-6-5-7-11-15/h5-13,18,20H,3-4,14H2,1-2H3/t18-/m1/s1. The van der Waals surface area contributed by atoms with E-state index in [1.165, 1.54) is 6.07 Å². The number of hydrogen-bond donors (Lipinski definition) is 1. The summed E-state index contributed by atoms with van der Waals surface area (Å²) < 4.78 is 38.4. The van der Waals surface area contributed by atoms with Gasteiger partial charge in [0.1, 0.15) is 11.6 Å². The van der Waals surface area contributed by atoms with Crippen LogP contribution >= 0.6 is 7.60 Å². The van der Waals surface area contributed by atoms with Gasteiger partial charge in [-0.3, -0.25) is 9.88 Å². The van der Waals surface area contributed by atoms with Gasteiger partial charge in [0.05, 0.1) is 13.2 Å². The van der Waals surface area contributed by atoms with Crippen molar-refractivity contribution in [3.63, 3.8) is 0 Å². The van der Waals surface area contributed by atoms with Gasteiger partial charge >= 0.3 is 7.60 Å². The summed E-state index contributed by atoms with van der Waals surface area (Å²) in [6.45, 7) is 4.33. The fourth-order valence-electron chi connectivity index (χ4n) is 2.45. The van der Waals surface area contributed by atoms with Gasteiger partial charge in [-0.1, -0.05) is 48.5 Å². The Hall–Kier alpha value is -1.52. The highest BCUT2D eigenvalue weighted by molar-refractivity contribution is 7.54. The van der Waals surface area contributed by atoms with Crippen molar-refractivity contribution in [2.24, 2.45) is 0 Å². The maximum atomic E-state index is 14.3. The quantitative estimate of drug-likeness (QED) is 0.654. The molecule has 6 heteroatoms. The van der Waals surface area contributed by atoms with Crippen molar-refractivity contribution < 1.29 is 18.0 Å². The second-order valence-electron chi connectivity index (χ2n) is 5.17. The molecule has 0 aliphatic carbocycles. The van der Waals surface area contributed by atoms with Crippen molar-refractivity contribution >= 4 is 7.60 Å². The lowest BCUT2D eigenvalue weighted by molar-refractivity contribution is 0.206. The Labute approximate surface area is 142 Å². The molecule has 0 amide bonds. The molecule has 0 saturated heterocycles. The SMILES string of the molecule is CCOP(=O)(OCC)[C@@H](NCc1ccccc1)c1ccccc1F. The fraction of sp³-hybridized carbons (Fsp3) is 0.333. The smallest absolute Gasteiger partial charge is 0.308 e. The Morgan fingerprint density at radius 1 is 1.00 bits per heavy atom. The average Bonchev–Trinajstić information content (AvgIpc) is 2.58. The van der Waals surface area contributed by atoms with Crippen molar-refractivity contribution in [3.8, 4) is 0 Å². The van der Waals surface area contributed by atoms with Crippen LogP contribution in [0.25, 0.3) is 0 Å². The summed E-state index contributed by atoms with van der Waals surface area (Å²) in [5, 5.41) is 3.15. The van der Waals surface area contributed by atoms with Crippen LogP contribution in [0, 0.1) is 5.82 Å². The van der Waals surface area contributed by atoms with Gasteiger partial charge in [-0.05, 0) is 25.5 Å². The van der Waals surface area contributed by atoms with Crippen LogP contribution in [0.1, 0.15) is 30.8 Å². The van der Waals surface area contributed by atoms with Gasteiger partial charge in [0, 0.05) is 12.1 Å².